The molecule has 0 saturated heterocycles. The molecule has 4 nitrogen and oxygen atoms in total. The topological polar surface area (TPSA) is 54.4 Å². The van der Waals surface area contributed by atoms with Crippen LogP contribution in [0.25, 0.3) is 0 Å². The lowest BCUT2D eigenvalue weighted by molar-refractivity contribution is -0.122. The van der Waals surface area contributed by atoms with Crippen LogP contribution in [0.4, 0.5) is 0 Å². The zero-order valence-electron chi connectivity index (χ0n) is 10.3. The van der Waals surface area contributed by atoms with Crippen LogP contribution in [-0.2, 0) is 4.79 Å². The fraction of sp³-hybridized carbons (Fsp3) is 0.133. The summed E-state index contributed by atoms with van der Waals surface area (Å²) in [5.74, 6) is -0.262. The van der Waals surface area contributed by atoms with Crippen molar-refractivity contribution < 1.29 is 4.79 Å². The van der Waals surface area contributed by atoms with Crippen LogP contribution in [0.15, 0.2) is 60.0 Å². The van der Waals surface area contributed by atoms with Gasteiger partial charge in [-0.05, 0) is 23.3 Å². The number of rotatable bonds is 2. The predicted octanol–water partition coefficient (Wildman–Crippen LogP) is 2.09. The number of amides is 1. The Hall–Kier alpha value is -2.49. The highest BCUT2D eigenvalue weighted by Gasteiger charge is 2.26. The molecule has 19 heavy (non-hydrogen) atoms. The average Bonchev–Trinajstić information content (AvgIpc) is 2.49. The van der Waals surface area contributed by atoms with Crippen molar-refractivity contribution in [2.24, 2.45) is 5.10 Å². The smallest absolute Gasteiger partial charge is 0.248 e. The number of nitrogens with zero attached hydrogens (tertiary/aromatic N) is 2. The largest absolute Gasteiger partial charge is 0.272 e. The first-order valence-electron chi connectivity index (χ1n) is 6.16. The van der Waals surface area contributed by atoms with E-state index in [0.717, 1.165) is 16.8 Å². The Morgan fingerprint density at radius 1 is 1.05 bits per heavy atom. The van der Waals surface area contributed by atoms with Crippen molar-refractivity contribution in [3.8, 4) is 0 Å². The van der Waals surface area contributed by atoms with Gasteiger partial charge in [0.25, 0.3) is 0 Å². The molecule has 2 aromatic rings. The first-order valence-corrected chi connectivity index (χ1v) is 6.16. The van der Waals surface area contributed by atoms with Gasteiger partial charge in [-0.3, -0.25) is 9.78 Å². The maximum absolute atomic E-state index is 11.9. The summed E-state index contributed by atoms with van der Waals surface area (Å²) < 4.78 is 0. The molecule has 0 radical (unpaired) electrons. The van der Waals surface area contributed by atoms with Crippen LogP contribution in [0.2, 0.25) is 0 Å². The third-order valence-electron chi connectivity index (χ3n) is 3.23. The van der Waals surface area contributed by atoms with Gasteiger partial charge in [0.2, 0.25) is 5.91 Å². The molecule has 1 amide bonds. The van der Waals surface area contributed by atoms with Crippen LogP contribution < -0.4 is 5.43 Å². The summed E-state index contributed by atoms with van der Waals surface area (Å²) in [5, 5.41) is 4.16. The molecule has 1 N–H and O–H groups in total. The molecular weight excluding hydrogens is 238 g/mol. The molecule has 1 aromatic heterocycles. The summed E-state index contributed by atoms with van der Waals surface area (Å²) in [4.78, 5) is 15.9. The van der Waals surface area contributed by atoms with E-state index < -0.39 is 0 Å². The summed E-state index contributed by atoms with van der Waals surface area (Å²) in [5.41, 5.74) is 5.52. The Morgan fingerprint density at radius 3 is 2.53 bits per heavy atom. The Bertz CT molecular complexity index is 608. The van der Waals surface area contributed by atoms with E-state index in [4.69, 9.17) is 0 Å². The van der Waals surface area contributed by atoms with E-state index in [-0.39, 0.29) is 11.8 Å². The molecule has 1 atom stereocenters. The summed E-state index contributed by atoms with van der Waals surface area (Å²) in [6.45, 7) is 0. The molecule has 4 heteroatoms. The normalized spacial score (nSPS) is 18.6. The Morgan fingerprint density at radius 2 is 1.79 bits per heavy atom. The quantitative estimate of drug-likeness (QED) is 0.888. The van der Waals surface area contributed by atoms with Gasteiger partial charge >= 0.3 is 0 Å². The standard InChI is InChI=1S/C15H13N3O/c19-15-13(11-6-8-16-9-7-11)10-14(17-18-15)12-4-2-1-3-5-12/h1-9,13H,10H2,(H,18,19). The second-order valence-corrected chi connectivity index (χ2v) is 4.44. The minimum absolute atomic E-state index is 0.0640. The molecule has 1 aromatic carbocycles. The van der Waals surface area contributed by atoms with Crippen LogP contribution in [0, 0.1) is 0 Å². The summed E-state index contributed by atoms with van der Waals surface area (Å²) >= 11 is 0. The SMILES string of the molecule is O=C1NN=C(c2ccccc2)CC1c1ccncc1. The van der Waals surface area contributed by atoms with Crippen molar-refractivity contribution in [3.05, 3.63) is 66.0 Å². The van der Waals surface area contributed by atoms with Crippen LogP contribution in [0.5, 0.6) is 0 Å². The Labute approximate surface area is 111 Å². The number of aromatic nitrogens is 1. The van der Waals surface area contributed by atoms with Gasteiger partial charge in [0, 0.05) is 18.8 Å². The average molecular weight is 251 g/mol. The van der Waals surface area contributed by atoms with E-state index >= 15 is 0 Å². The molecule has 0 bridgehead atoms. The number of carbonyl (C=O) groups excluding carboxylic acids is 1. The summed E-state index contributed by atoms with van der Waals surface area (Å²) in [7, 11) is 0. The number of hydrogen-bond acceptors (Lipinski definition) is 3. The second kappa shape index (κ2) is 5.02. The first kappa shape index (κ1) is 11.6. The van der Waals surface area contributed by atoms with E-state index in [0.29, 0.717) is 6.42 Å². The van der Waals surface area contributed by atoms with E-state index in [9.17, 15) is 4.79 Å². The molecule has 1 unspecified atom stereocenters. The molecule has 0 saturated carbocycles. The molecular formula is C15H13N3O. The van der Waals surface area contributed by atoms with Crippen LogP contribution in [0.1, 0.15) is 23.5 Å². The zero-order valence-corrected chi connectivity index (χ0v) is 10.3. The molecule has 2 heterocycles. The molecule has 0 spiro atoms. The maximum atomic E-state index is 11.9. The number of benzene rings is 1. The monoisotopic (exact) mass is 251 g/mol. The number of pyridine rings is 1. The van der Waals surface area contributed by atoms with Crippen molar-refractivity contribution in [2.45, 2.75) is 12.3 Å². The van der Waals surface area contributed by atoms with Crippen LogP contribution >= 0.6 is 0 Å². The zero-order chi connectivity index (χ0) is 13.1. The van der Waals surface area contributed by atoms with Crippen molar-refractivity contribution >= 4 is 11.6 Å². The number of hydrogen-bond donors (Lipinski definition) is 1. The van der Waals surface area contributed by atoms with Crippen LogP contribution in [-0.4, -0.2) is 16.6 Å². The molecule has 1 aliphatic heterocycles. The highest BCUT2D eigenvalue weighted by atomic mass is 16.2. The molecule has 0 aliphatic carbocycles. The third kappa shape index (κ3) is 2.38. The van der Waals surface area contributed by atoms with Gasteiger partial charge in [-0.15, -0.1) is 0 Å². The summed E-state index contributed by atoms with van der Waals surface area (Å²) in [6.07, 6.45) is 4.02. The fourth-order valence-electron chi connectivity index (χ4n) is 2.21. The lowest BCUT2D eigenvalue weighted by Gasteiger charge is -2.21. The fourth-order valence-corrected chi connectivity index (χ4v) is 2.21. The van der Waals surface area contributed by atoms with E-state index in [2.05, 4.69) is 15.5 Å². The van der Waals surface area contributed by atoms with Gasteiger partial charge in [0.15, 0.2) is 0 Å². The van der Waals surface area contributed by atoms with E-state index in [1.807, 2.05) is 42.5 Å². The second-order valence-electron chi connectivity index (χ2n) is 4.44. The van der Waals surface area contributed by atoms with Gasteiger partial charge in [0.1, 0.15) is 0 Å². The van der Waals surface area contributed by atoms with Gasteiger partial charge in [-0.1, -0.05) is 30.3 Å². The molecule has 94 valence electrons. The molecule has 0 fully saturated rings. The number of carbonyl (C=O) groups is 1. The van der Waals surface area contributed by atoms with Gasteiger partial charge < -0.3 is 0 Å². The Balaban J connectivity index is 1.90. The van der Waals surface area contributed by atoms with Gasteiger partial charge in [-0.2, -0.15) is 5.10 Å². The van der Waals surface area contributed by atoms with Crippen LogP contribution in [0.3, 0.4) is 0 Å². The first-order chi connectivity index (χ1) is 9.34. The lowest BCUT2D eigenvalue weighted by Crippen LogP contribution is -2.33. The highest BCUT2D eigenvalue weighted by molar-refractivity contribution is 6.06. The minimum Gasteiger partial charge on any atom is -0.272 e. The highest BCUT2D eigenvalue weighted by Crippen LogP contribution is 2.24. The minimum atomic E-state index is -0.198. The number of nitrogens with one attached hydrogen (secondary N) is 1. The maximum Gasteiger partial charge on any atom is 0.248 e. The summed E-state index contributed by atoms with van der Waals surface area (Å²) in [6, 6.07) is 13.6. The third-order valence-corrected chi connectivity index (χ3v) is 3.23. The van der Waals surface area contributed by atoms with E-state index in [1.165, 1.54) is 0 Å². The molecule has 3 rings (SSSR count). The Kier molecular flexibility index (Phi) is 3.06. The van der Waals surface area contributed by atoms with Gasteiger partial charge in [-0.25, -0.2) is 5.43 Å². The van der Waals surface area contributed by atoms with Gasteiger partial charge in [0.05, 0.1) is 11.6 Å². The van der Waals surface area contributed by atoms with Crippen molar-refractivity contribution in [3.63, 3.8) is 0 Å². The van der Waals surface area contributed by atoms with Crippen molar-refractivity contribution in [1.82, 2.24) is 10.4 Å². The van der Waals surface area contributed by atoms with Crippen molar-refractivity contribution in [1.29, 1.82) is 0 Å². The molecule has 1 aliphatic rings. The number of hydrazone groups is 1. The predicted molar refractivity (Wildman–Crippen MR) is 72.7 cm³/mol. The van der Waals surface area contributed by atoms with Crippen molar-refractivity contribution in [2.75, 3.05) is 0 Å². The lowest BCUT2D eigenvalue weighted by atomic mass is 9.90. The van der Waals surface area contributed by atoms with E-state index in [1.54, 1.807) is 12.4 Å².